The molecule has 1 aliphatic heterocycles. The molecule has 194 valence electrons. The number of aryl methyl sites for hydroxylation is 1. The minimum atomic E-state index is -0.138. The fourth-order valence-corrected chi connectivity index (χ4v) is 5.26. The Morgan fingerprint density at radius 1 is 0.947 bits per heavy atom. The van der Waals surface area contributed by atoms with Crippen molar-refractivity contribution in [3.05, 3.63) is 88.4 Å². The van der Waals surface area contributed by atoms with Gasteiger partial charge in [0.25, 0.3) is 5.91 Å². The minimum Gasteiger partial charge on any atom is -0.368 e. The van der Waals surface area contributed by atoms with E-state index in [9.17, 15) is 9.59 Å². The van der Waals surface area contributed by atoms with Crippen LogP contribution in [-0.4, -0.2) is 68.9 Å². The van der Waals surface area contributed by atoms with Crippen molar-refractivity contribution in [1.29, 1.82) is 0 Å². The van der Waals surface area contributed by atoms with Gasteiger partial charge >= 0.3 is 0 Å². The SMILES string of the molecule is Cc1ccc(-n2nnnc2SCC(=O)Nc2ccc(N3CCN(C(=O)c4cccc(Br)c4)CC3)cc2)cc1. The van der Waals surface area contributed by atoms with Crippen LogP contribution in [0.5, 0.6) is 0 Å². The van der Waals surface area contributed by atoms with Crippen LogP contribution in [0.15, 0.2) is 82.4 Å². The zero-order chi connectivity index (χ0) is 26.5. The highest BCUT2D eigenvalue weighted by atomic mass is 79.9. The van der Waals surface area contributed by atoms with Gasteiger partial charge in [-0.1, -0.05) is 51.5 Å². The molecule has 38 heavy (non-hydrogen) atoms. The lowest BCUT2D eigenvalue weighted by Gasteiger charge is -2.36. The molecule has 3 aromatic carbocycles. The van der Waals surface area contributed by atoms with E-state index in [1.54, 1.807) is 4.68 Å². The van der Waals surface area contributed by atoms with Crippen molar-refractivity contribution in [2.75, 3.05) is 42.1 Å². The third-order valence-corrected chi connectivity index (χ3v) is 7.62. The van der Waals surface area contributed by atoms with Gasteiger partial charge < -0.3 is 15.1 Å². The molecule has 0 radical (unpaired) electrons. The van der Waals surface area contributed by atoms with Crippen LogP contribution in [0.4, 0.5) is 11.4 Å². The molecule has 1 saturated heterocycles. The van der Waals surface area contributed by atoms with Gasteiger partial charge in [-0.2, -0.15) is 4.68 Å². The molecule has 0 saturated carbocycles. The zero-order valence-electron chi connectivity index (χ0n) is 20.7. The van der Waals surface area contributed by atoms with Gasteiger partial charge in [-0.15, -0.1) is 5.10 Å². The van der Waals surface area contributed by atoms with Crippen LogP contribution in [0.3, 0.4) is 0 Å². The molecule has 1 aromatic heterocycles. The van der Waals surface area contributed by atoms with Crippen molar-refractivity contribution >= 4 is 50.9 Å². The normalized spacial score (nSPS) is 13.4. The lowest BCUT2D eigenvalue weighted by atomic mass is 10.1. The van der Waals surface area contributed by atoms with Crippen molar-refractivity contribution in [2.24, 2.45) is 0 Å². The van der Waals surface area contributed by atoms with E-state index in [2.05, 4.69) is 41.7 Å². The number of benzene rings is 3. The number of piperazine rings is 1. The highest BCUT2D eigenvalue weighted by molar-refractivity contribution is 9.10. The average Bonchev–Trinajstić information content (AvgIpc) is 3.41. The summed E-state index contributed by atoms with van der Waals surface area (Å²) in [6.07, 6.45) is 0. The van der Waals surface area contributed by atoms with E-state index >= 15 is 0 Å². The molecule has 11 heteroatoms. The van der Waals surface area contributed by atoms with Crippen molar-refractivity contribution in [3.8, 4) is 5.69 Å². The Kier molecular flexibility index (Phi) is 8.04. The first-order valence-corrected chi connectivity index (χ1v) is 13.9. The lowest BCUT2D eigenvalue weighted by molar-refractivity contribution is -0.113. The average molecular weight is 593 g/mol. The van der Waals surface area contributed by atoms with Crippen LogP contribution in [-0.2, 0) is 4.79 Å². The maximum atomic E-state index is 12.8. The van der Waals surface area contributed by atoms with Crippen LogP contribution in [0.2, 0.25) is 0 Å². The summed E-state index contributed by atoms with van der Waals surface area (Å²) in [7, 11) is 0. The predicted molar refractivity (Wildman–Crippen MR) is 152 cm³/mol. The number of nitrogens with one attached hydrogen (secondary N) is 1. The predicted octanol–water partition coefficient (Wildman–Crippen LogP) is 4.43. The molecule has 0 unspecified atom stereocenters. The fraction of sp³-hybridized carbons (Fsp3) is 0.222. The van der Waals surface area contributed by atoms with E-state index in [1.165, 1.54) is 11.8 Å². The molecule has 0 aliphatic carbocycles. The summed E-state index contributed by atoms with van der Waals surface area (Å²) < 4.78 is 2.52. The maximum Gasteiger partial charge on any atom is 0.254 e. The Morgan fingerprint density at radius 2 is 1.66 bits per heavy atom. The van der Waals surface area contributed by atoms with Crippen LogP contribution >= 0.6 is 27.7 Å². The van der Waals surface area contributed by atoms with Gasteiger partial charge in [-0.25, -0.2) is 0 Å². The Balaban J connectivity index is 1.11. The highest BCUT2D eigenvalue weighted by Gasteiger charge is 2.22. The van der Waals surface area contributed by atoms with Crippen LogP contribution < -0.4 is 10.2 Å². The van der Waals surface area contributed by atoms with Crippen molar-refractivity contribution in [1.82, 2.24) is 25.1 Å². The summed E-state index contributed by atoms with van der Waals surface area (Å²) in [5.74, 6) is 0.0951. The molecule has 1 aliphatic rings. The smallest absolute Gasteiger partial charge is 0.254 e. The molecule has 5 rings (SSSR count). The largest absolute Gasteiger partial charge is 0.368 e. The van der Waals surface area contributed by atoms with Crippen molar-refractivity contribution in [3.63, 3.8) is 0 Å². The van der Waals surface area contributed by atoms with Gasteiger partial charge in [0.05, 0.1) is 11.4 Å². The number of halogens is 1. The van der Waals surface area contributed by atoms with Crippen molar-refractivity contribution in [2.45, 2.75) is 12.1 Å². The summed E-state index contributed by atoms with van der Waals surface area (Å²) in [6.45, 7) is 4.83. The zero-order valence-corrected chi connectivity index (χ0v) is 23.2. The van der Waals surface area contributed by atoms with Gasteiger partial charge in [-0.3, -0.25) is 9.59 Å². The molecule has 9 nitrogen and oxygen atoms in total. The second-order valence-corrected chi connectivity index (χ2v) is 10.7. The van der Waals surface area contributed by atoms with Gasteiger partial charge in [0, 0.05) is 47.6 Å². The first-order valence-electron chi connectivity index (χ1n) is 12.1. The standard InChI is InChI=1S/C27H26BrN7O2S/c1-19-5-9-24(10-6-19)35-27(30-31-32-35)38-18-25(36)29-22-7-11-23(12-8-22)33-13-15-34(16-14-33)26(37)20-3-2-4-21(28)17-20/h2-12,17H,13-16,18H2,1H3,(H,29,36). The van der Waals surface area contributed by atoms with Crippen molar-refractivity contribution < 1.29 is 9.59 Å². The van der Waals surface area contributed by atoms with Gasteiger partial charge in [0.2, 0.25) is 11.1 Å². The third kappa shape index (κ3) is 6.22. The fourth-order valence-electron chi connectivity index (χ4n) is 4.17. The van der Waals surface area contributed by atoms with Crippen LogP contribution in [0.1, 0.15) is 15.9 Å². The second-order valence-electron chi connectivity index (χ2n) is 8.88. The Bertz CT molecular complexity index is 1420. The minimum absolute atomic E-state index is 0.0507. The number of carbonyl (C=O) groups excluding carboxylic acids is 2. The van der Waals surface area contributed by atoms with E-state index in [-0.39, 0.29) is 17.6 Å². The first-order chi connectivity index (χ1) is 18.5. The summed E-state index contributed by atoms with van der Waals surface area (Å²) in [4.78, 5) is 29.5. The number of hydrogen-bond donors (Lipinski definition) is 1. The first kappa shape index (κ1) is 25.9. The Morgan fingerprint density at radius 3 is 2.37 bits per heavy atom. The number of rotatable bonds is 7. The number of anilines is 2. The molecule has 1 N–H and O–H groups in total. The molecule has 1 fully saturated rings. The molecular formula is C27H26BrN7O2S. The monoisotopic (exact) mass is 591 g/mol. The summed E-state index contributed by atoms with van der Waals surface area (Å²) in [5.41, 5.74) is 4.47. The highest BCUT2D eigenvalue weighted by Crippen LogP contribution is 2.22. The number of tetrazole rings is 1. The van der Waals surface area contributed by atoms with Gasteiger partial charge in [0.15, 0.2) is 0 Å². The molecule has 2 heterocycles. The Labute approximate surface area is 233 Å². The number of carbonyl (C=O) groups is 2. The van der Waals surface area contributed by atoms with E-state index in [4.69, 9.17) is 0 Å². The van der Waals surface area contributed by atoms with E-state index in [0.717, 1.165) is 40.2 Å². The summed E-state index contributed by atoms with van der Waals surface area (Å²) in [5, 5.41) is 15.3. The molecule has 0 atom stereocenters. The summed E-state index contributed by atoms with van der Waals surface area (Å²) in [6, 6.07) is 23.1. The number of aromatic nitrogens is 4. The Hall–Kier alpha value is -3.70. The number of thioether (sulfide) groups is 1. The lowest BCUT2D eigenvalue weighted by Crippen LogP contribution is -2.48. The number of nitrogens with zero attached hydrogens (tertiary/aromatic N) is 6. The third-order valence-electron chi connectivity index (χ3n) is 6.21. The quantitative estimate of drug-likeness (QED) is 0.318. The molecule has 4 aromatic rings. The van der Waals surface area contributed by atoms with E-state index in [0.29, 0.717) is 23.8 Å². The molecular weight excluding hydrogens is 566 g/mol. The topological polar surface area (TPSA) is 96.2 Å². The van der Waals surface area contributed by atoms with Gasteiger partial charge in [0.1, 0.15) is 0 Å². The van der Waals surface area contributed by atoms with Crippen LogP contribution in [0, 0.1) is 6.92 Å². The van der Waals surface area contributed by atoms with E-state index in [1.807, 2.05) is 84.6 Å². The molecule has 0 spiro atoms. The van der Waals surface area contributed by atoms with E-state index < -0.39 is 0 Å². The number of hydrogen-bond acceptors (Lipinski definition) is 7. The van der Waals surface area contributed by atoms with Crippen LogP contribution in [0.25, 0.3) is 5.69 Å². The molecule has 0 bridgehead atoms. The van der Waals surface area contributed by atoms with Gasteiger partial charge in [-0.05, 0) is 71.9 Å². The summed E-state index contributed by atoms with van der Waals surface area (Å²) >= 11 is 4.71. The maximum absolute atomic E-state index is 12.8. The molecule has 2 amide bonds. The number of amides is 2. The second kappa shape index (κ2) is 11.8.